The first-order valence-corrected chi connectivity index (χ1v) is 6.12. The van der Waals surface area contributed by atoms with Crippen LogP contribution in [0.1, 0.15) is 22.8 Å². The van der Waals surface area contributed by atoms with E-state index in [1.54, 1.807) is 6.92 Å². The van der Waals surface area contributed by atoms with E-state index >= 15 is 0 Å². The number of ether oxygens (including phenoxy) is 1. The van der Waals surface area contributed by atoms with Gasteiger partial charge in [0.15, 0.2) is 5.54 Å². The van der Waals surface area contributed by atoms with Crippen molar-refractivity contribution in [3.63, 3.8) is 0 Å². The summed E-state index contributed by atoms with van der Waals surface area (Å²) in [6, 6.07) is 2.96. The Labute approximate surface area is 130 Å². The largest absolute Gasteiger partial charge is 0.385 e. The van der Waals surface area contributed by atoms with E-state index in [-0.39, 0.29) is 23.8 Å². The fraction of sp³-hybridized carbons (Fsp3) is 0.385. The zero-order valence-electron chi connectivity index (χ0n) is 11.6. The molecular weight excluding hydrogens is 323 g/mol. The van der Waals surface area contributed by atoms with Gasteiger partial charge in [0.2, 0.25) is 5.91 Å². The fourth-order valence-corrected chi connectivity index (χ4v) is 2.07. The van der Waals surface area contributed by atoms with Gasteiger partial charge in [-0.15, -0.1) is 12.4 Å². The molecule has 0 unspecified atom stereocenters. The second-order valence-electron chi connectivity index (χ2n) is 4.77. The molecule has 0 saturated heterocycles. The lowest BCUT2D eigenvalue weighted by atomic mass is 9.88. The van der Waals surface area contributed by atoms with Crippen LogP contribution in [-0.2, 0) is 10.3 Å². The summed E-state index contributed by atoms with van der Waals surface area (Å²) in [5, 5.41) is 0. The van der Waals surface area contributed by atoms with Crippen LogP contribution in [0.4, 0.5) is 13.2 Å². The van der Waals surface area contributed by atoms with Crippen molar-refractivity contribution in [1.82, 2.24) is 0 Å². The summed E-state index contributed by atoms with van der Waals surface area (Å²) in [6.07, 6.45) is -3.71. The predicted octanol–water partition coefficient (Wildman–Crippen LogP) is 1.58. The number of primary amides is 1. The molecular formula is C13H15ClF3N3O2. The van der Waals surface area contributed by atoms with E-state index in [0.717, 1.165) is 18.2 Å². The van der Waals surface area contributed by atoms with E-state index in [0.29, 0.717) is 0 Å². The summed E-state index contributed by atoms with van der Waals surface area (Å²) in [6.45, 7) is 0.996. The Morgan fingerprint density at radius 3 is 2.64 bits per heavy atom. The van der Waals surface area contributed by atoms with Crippen LogP contribution in [0.15, 0.2) is 23.2 Å². The molecule has 0 fully saturated rings. The van der Waals surface area contributed by atoms with Gasteiger partial charge in [0.05, 0.1) is 6.61 Å². The average Bonchev–Trinajstić information content (AvgIpc) is 2.42. The summed E-state index contributed by atoms with van der Waals surface area (Å²) in [7, 11) is 0. The highest BCUT2D eigenvalue weighted by Gasteiger charge is 2.47. The molecule has 2 atom stereocenters. The quantitative estimate of drug-likeness (QED) is 0.877. The summed E-state index contributed by atoms with van der Waals surface area (Å²) in [5.41, 5.74) is 7.79. The van der Waals surface area contributed by atoms with Crippen molar-refractivity contribution in [2.24, 2.45) is 16.5 Å². The van der Waals surface area contributed by atoms with Gasteiger partial charge in [0.25, 0.3) is 6.43 Å². The normalized spacial score (nSPS) is 24.6. The molecule has 9 heteroatoms. The van der Waals surface area contributed by atoms with Crippen molar-refractivity contribution in [2.45, 2.75) is 25.0 Å². The molecule has 5 nitrogen and oxygen atoms in total. The SMILES string of the molecule is C[C@@H]1OC[C@](c2cc(C(N)=O)ccc2F)(C(F)F)N=C1N.Cl. The van der Waals surface area contributed by atoms with Gasteiger partial charge in [0.1, 0.15) is 17.8 Å². The van der Waals surface area contributed by atoms with Gasteiger partial charge >= 0.3 is 0 Å². The van der Waals surface area contributed by atoms with Gasteiger partial charge in [-0.25, -0.2) is 13.2 Å². The molecule has 22 heavy (non-hydrogen) atoms. The van der Waals surface area contributed by atoms with Crippen molar-refractivity contribution in [2.75, 3.05) is 6.61 Å². The molecule has 122 valence electrons. The van der Waals surface area contributed by atoms with Crippen LogP contribution in [0.2, 0.25) is 0 Å². The van der Waals surface area contributed by atoms with E-state index in [1.807, 2.05) is 0 Å². The molecule has 0 radical (unpaired) electrons. The number of nitrogens with two attached hydrogens (primary N) is 2. The van der Waals surface area contributed by atoms with Crippen LogP contribution in [0.3, 0.4) is 0 Å². The summed E-state index contributed by atoms with van der Waals surface area (Å²) in [5.74, 6) is -1.96. The van der Waals surface area contributed by atoms with Gasteiger partial charge in [-0.2, -0.15) is 0 Å². The number of aliphatic imine (C=N–C) groups is 1. The van der Waals surface area contributed by atoms with Crippen molar-refractivity contribution in [3.05, 3.63) is 35.1 Å². The maximum Gasteiger partial charge on any atom is 0.269 e. The van der Waals surface area contributed by atoms with E-state index in [4.69, 9.17) is 16.2 Å². The van der Waals surface area contributed by atoms with Gasteiger partial charge in [-0.05, 0) is 25.1 Å². The van der Waals surface area contributed by atoms with Crippen molar-refractivity contribution in [3.8, 4) is 0 Å². The molecule has 2 rings (SSSR count). The van der Waals surface area contributed by atoms with Crippen LogP contribution in [0, 0.1) is 5.82 Å². The first-order valence-electron chi connectivity index (χ1n) is 6.12. The minimum absolute atomic E-state index is 0. The Morgan fingerprint density at radius 1 is 1.50 bits per heavy atom. The van der Waals surface area contributed by atoms with Crippen LogP contribution in [0.5, 0.6) is 0 Å². The third-order valence-electron chi connectivity index (χ3n) is 3.38. The molecule has 4 N–H and O–H groups in total. The monoisotopic (exact) mass is 337 g/mol. The number of benzene rings is 1. The van der Waals surface area contributed by atoms with Crippen LogP contribution in [0.25, 0.3) is 0 Å². The van der Waals surface area contributed by atoms with Crippen molar-refractivity contribution >= 4 is 24.1 Å². The Balaban J connectivity index is 0.00000242. The molecule has 1 heterocycles. The topological polar surface area (TPSA) is 90.7 Å². The van der Waals surface area contributed by atoms with E-state index in [1.165, 1.54) is 0 Å². The standard InChI is InChI=1S/C13H14F3N3O2.ClH/c1-6-10(17)19-13(5-21-6,12(15)16)8-4-7(11(18)20)2-3-9(8)14;/h2-4,6,12H,5H2,1H3,(H2,17,19)(H2,18,20);1H/t6-,13-;/m0./s1. The molecule has 1 aliphatic heterocycles. The minimum Gasteiger partial charge on any atom is -0.385 e. The number of carbonyl (C=O) groups is 1. The molecule has 1 aliphatic rings. The van der Waals surface area contributed by atoms with Crippen LogP contribution < -0.4 is 11.5 Å². The highest BCUT2D eigenvalue weighted by atomic mass is 35.5. The molecule has 0 aromatic heterocycles. The molecule has 1 amide bonds. The summed E-state index contributed by atoms with van der Waals surface area (Å²) < 4.78 is 46.3. The number of alkyl halides is 2. The number of amides is 1. The predicted molar refractivity (Wildman–Crippen MR) is 76.9 cm³/mol. The Hall–Kier alpha value is -1.80. The van der Waals surface area contributed by atoms with Crippen molar-refractivity contribution in [1.29, 1.82) is 0 Å². The first-order chi connectivity index (χ1) is 9.78. The number of carbonyl (C=O) groups excluding carboxylic acids is 1. The third kappa shape index (κ3) is 3.02. The molecule has 0 bridgehead atoms. The lowest BCUT2D eigenvalue weighted by molar-refractivity contribution is -0.0340. The number of hydrogen-bond acceptors (Lipinski definition) is 4. The number of amidine groups is 1. The second kappa shape index (κ2) is 6.53. The maximum atomic E-state index is 14.0. The van der Waals surface area contributed by atoms with Gasteiger partial charge < -0.3 is 16.2 Å². The first kappa shape index (κ1) is 18.2. The molecule has 1 aromatic rings. The van der Waals surface area contributed by atoms with E-state index in [2.05, 4.69) is 4.99 Å². The van der Waals surface area contributed by atoms with Crippen LogP contribution in [-0.4, -0.2) is 30.9 Å². The maximum absolute atomic E-state index is 14.0. The lowest BCUT2D eigenvalue weighted by Crippen LogP contribution is -2.48. The molecule has 1 aromatic carbocycles. The number of hydrogen-bond donors (Lipinski definition) is 2. The number of halogens is 4. The lowest BCUT2D eigenvalue weighted by Gasteiger charge is -2.35. The van der Waals surface area contributed by atoms with Gasteiger partial charge in [-0.1, -0.05) is 0 Å². The average molecular weight is 338 g/mol. The summed E-state index contributed by atoms with van der Waals surface area (Å²) >= 11 is 0. The van der Waals surface area contributed by atoms with Gasteiger partial charge in [0, 0.05) is 11.1 Å². The third-order valence-corrected chi connectivity index (χ3v) is 3.38. The molecule has 0 aliphatic carbocycles. The van der Waals surface area contributed by atoms with E-state index in [9.17, 15) is 18.0 Å². The highest BCUT2D eigenvalue weighted by molar-refractivity contribution is 5.93. The van der Waals surface area contributed by atoms with E-state index < -0.39 is 42.0 Å². The summed E-state index contributed by atoms with van der Waals surface area (Å²) in [4.78, 5) is 14.9. The number of rotatable bonds is 3. The Kier molecular flexibility index (Phi) is 5.42. The smallest absolute Gasteiger partial charge is 0.269 e. The minimum atomic E-state index is -3.07. The molecule has 0 saturated carbocycles. The zero-order chi connectivity index (χ0) is 15.8. The number of nitrogens with zero attached hydrogens (tertiary/aromatic N) is 1. The highest BCUT2D eigenvalue weighted by Crippen LogP contribution is 2.38. The Bertz CT molecular complexity index is 612. The van der Waals surface area contributed by atoms with Crippen molar-refractivity contribution < 1.29 is 22.7 Å². The second-order valence-corrected chi connectivity index (χ2v) is 4.77. The van der Waals surface area contributed by atoms with Gasteiger partial charge in [-0.3, -0.25) is 9.79 Å². The Morgan fingerprint density at radius 2 is 2.14 bits per heavy atom. The van der Waals surface area contributed by atoms with Crippen LogP contribution >= 0.6 is 12.4 Å². The fourth-order valence-electron chi connectivity index (χ4n) is 2.07. The zero-order valence-corrected chi connectivity index (χ0v) is 12.4. The molecule has 0 spiro atoms.